The molecule has 1 aromatic heterocycles. The molecule has 3 rings (SSSR count). The minimum atomic E-state index is -0.256. The van der Waals surface area contributed by atoms with Crippen LogP contribution in [0.2, 0.25) is 0 Å². The van der Waals surface area contributed by atoms with Gasteiger partial charge in [-0.05, 0) is 17.7 Å². The van der Waals surface area contributed by atoms with Gasteiger partial charge in [-0.2, -0.15) is 5.10 Å². The number of hydrogen-bond donors (Lipinski definition) is 2. The summed E-state index contributed by atoms with van der Waals surface area (Å²) in [5, 5.41) is 4.95. The van der Waals surface area contributed by atoms with Crippen molar-refractivity contribution in [3.05, 3.63) is 71.9 Å². The number of rotatable bonds is 3. The Hall–Kier alpha value is -2.88. The molecular formula is C16H13N3O. The maximum atomic E-state index is 11.9. The van der Waals surface area contributed by atoms with Crippen molar-refractivity contribution in [2.75, 3.05) is 0 Å². The van der Waals surface area contributed by atoms with Crippen LogP contribution < -0.4 is 5.43 Å². The quantitative estimate of drug-likeness (QED) is 0.554. The van der Waals surface area contributed by atoms with Crippen molar-refractivity contribution in [2.24, 2.45) is 5.10 Å². The molecule has 3 aromatic rings. The van der Waals surface area contributed by atoms with E-state index in [1.807, 2.05) is 60.7 Å². The summed E-state index contributed by atoms with van der Waals surface area (Å²) >= 11 is 0. The number of hydrazone groups is 1. The molecule has 0 spiro atoms. The molecule has 0 radical (unpaired) electrons. The molecule has 98 valence electrons. The standard InChI is InChI=1S/C16H13N3O/c20-16(19-17-11-12-6-2-1-3-7-12)15-10-13-8-4-5-9-14(13)18-15/h1-11,18H,(H,19,20)/b17-11+. The number of hydrogen-bond acceptors (Lipinski definition) is 2. The number of amides is 1. The first-order chi connectivity index (χ1) is 9.83. The smallest absolute Gasteiger partial charge is 0.287 e. The fourth-order valence-electron chi connectivity index (χ4n) is 1.96. The zero-order valence-corrected chi connectivity index (χ0v) is 10.7. The van der Waals surface area contributed by atoms with E-state index in [9.17, 15) is 4.79 Å². The molecule has 20 heavy (non-hydrogen) atoms. The highest BCUT2D eigenvalue weighted by molar-refractivity contribution is 5.98. The van der Waals surface area contributed by atoms with Gasteiger partial charge in [-0.1, -0.05) is 48.5 Å². The Kier molecular flexibility index (Phi) is 3.29. The molecule has 2 N–H and O–H groups in total. The highest BCUT2D eigenvalue weighted by Crippen LogP contribution is 2.14. The molecule has 0 aliphatic rings. The number of H-pyrrole nitrogens is 1. The Morgan fingerprint density at radius 1 is 1.05 bits per heavy atom. The monoisotopic (exact) mass is 263 g/mol. The molecule has 4 nitrogen and oxygen atoms in total. The van der Waals surface area contributed by atoms with E-state index in [1.54, 1.807) is 6.21 Å². The molecule has 0 unspecified atom stereocenters. The summed E-state index contributed by atoms with van der Waals surface area (Å²) in [6, 6.07) is 19.1. The molecule has 1 amide bonds. The van der Waals surface area contributed by atoms with Crippen LogP contribution >= 0.6 is 0 Å². The second-order valence-electron chi connectivity index (χ2n) is 4.38. The number of aromatic nitrogens is 1. The van der Waals surface area contributed by atoms with Crippen molar-refractivity contribution < 1.29 is 4.79 Å². The van der Waals surface area contributed by atoms with Crippen LogP contribution in [0.15, 0.2) is 65.8 Å². The maximum Gasteiger partial charge on any atom is 0.287 e. The van der Waals surface area contributed by atoms with Crippen LogP contribution in [-0.2, 0) is 0 Å². The van der Waals surface area contributed by atoms with Crippen LogP contribution in [0.4, 0.5) is 0 Å². The summed E-state index contributed by atoms with van der Waals surface area (Å²) in [7, 11) is 0. The van der Waals surface area contributed by atoms with Crippen LogP contribution in [-0.4, -0.2) is 17.1 Å². The highest BCUT2D eigenvalue weighted by Gasteiger charge is 2.07. The Labute approximate surface area is 116 Å². The van der Waals surface area contributed by atoms with Gasteiger partial charge in [0.1, 0.15) is 5.69 Å². The summed E-state index contributed by atoms with van der Waals surface area (Å²) in [6.45, 7) is 0. The van der Waals surface area contributed by atoms with Crippen LogP contribution in [0, 0.1) is 0 Å². The van der Waals surface area contributed by atoms with Gasteiger partial charge in [-0.15, -0.1) is 0 Å². The first kappa shape index (κ1) is 12.2. The van der Waals surface area contributed by atoms with Gasteiger partial charge in [0.15, 0.2) is 0 Å². The molecule has 4 heteroatoms. The fourth-order valence-corrected chi connectivity index (χ4v) is 1.96. The average Bonchev–Trinajstić information content (AvgIpc) is 2.92. The third kappa shape index (κ3) is 2.59. The highest BCUT2D eigenvalue weighted by atomic mass is 16.2. The second kappa shape index (κ2) is 5.40. The molecule has 1 heterocycles. The Morgan fingerprint density at radius 3 is 2.60 bits per heavy atom. The van der Waals surface area contributed by atoms with E-state index in [0.717, 1.165) is 16.5 Å². The summed E-state index contributed by atoms with van der Waals surface area (Å²) in [6.07, 6.45) is 1.61. The largest absolute Gasteiger partial charge is 0.350 e. The van der Waals surface area contributed by atoms with E-state index in [2.05, 4.69) is 15.5 Å². The lowest BCUT2D eigenvalue weighted by molar-refractivity contribution is 0.0951. The van der Waals surface area contributed by atoms with E-state index >= 15 is 0 Å². The van der Waals surface area contributed by atoms with Crippen molar-refractivity contribution in [3.63, 3.8) is 0 Å². The van der Waals surface area contributed by atoms with Gasteiger partial charge in [0.05, 0.1) is 6.21 Å². The molecule has 0 saturated carbocycles. The van der Waals surface area contributed by atoms with Crippen LogP contribution in [0.5, 0.6) is 0 Å². The van der Waals surface area contributed by atoms with Crippen molar-refractivity contribution in [3.8, 4) is 0 Å². The van der Waals surface area contributed by atoms with E-state index in [1.165, 1.54) is 0 Å². The Morgan fingerprint density at radius 2 is 1.80 bits per heavy atom. The first-order valence-electron chi connectivity index (χ1n) is 6.29. The number of fused-ring (bicyclic) bond motifs is 1. The third-order valence-electron chi connectivity index (χ3n) is 2.95. The molecule has 0 atom stereocenters. The summed E-state index contributed by atoms with van der Waals surface area (Å²) in [5.41, 5.74) is 4.87. The van der Waals surface area contributed by atoms with E-state index in [0.29, 0.717) is 5.69 Å². The van der Waals surface area contributed by atoms with Crippen molar-refractivity contribution in [2.45, 2.75) is 0 Å². The number of carbonyl (C=O) groups is 1. The molecule has 2 aromatic carbocycles. The summed E-state index contributed by atoms with van der Waals surface area (Å²) in [5.74, 6) is -0.256. The molecule has 0 bridgehead atoms. The molecule has 0 saturated heterocycles. The van der Waals surface area contributed by atoms with Crippen LogP contribution in [0.3, 0.4) is 0 Å². The Balaban J connectivity index is 1.71. The number of aromatic amines is 1. The first-order valence-corrected chi connectivity index (χ1v) is 6.29. The number of benzene rings is 2. The lowest BCUT2D eigenvalue weighted by atomic mass is 10.2. The fraction of sp³-hybridized carbons (Fsp3) is 0. The topological polar surface area (TPSA) is 57.2 Å². The molecule has 0 aliphatic heterocycles. The number of nitrogens with zero attached hydrogens (tertiary/aromatic N) is 1. The second-order valence-corrected chi connectivity index (χ2v) is 4.38. The van der Waals surface area contributed by atoms with Gasteiger partial charge in [0.25, 0.3) is 5.91 Å². The van der Waals surface area contributed by atoms with Crippen molar-refractivity contribution in [1.29, 1.82) is 0 Å². The van der Waals surface area contributed by atoms with Crippen LogP contribution in [0.25, 0.3) is 10.9 Å². The minimum absolute atomic E-state index is 0.256. The van der Waals surface area contributed by atoms with Gasteiger partial charge in [-0.3, -0.25) is 4.79 Å². The number of carbonyl (C=O) groups excluding carboxylic acids is 1. The molecule has 0 aliphatic carbocycles. The maximum absolute atomic E-state index is 11.9. The van der Waals surface area contributed by atoms with E-state index in [4.69, 9.17) is 0 Å². The summed E-state index contributed by atoms with van der Waals surface area (Å²) < 4.78 is 0. The summed E-state index contributed by atoms with van der Waals surface area (Å²) in [4.78, 5) is 15.0. The minimum Gasteiger partial charge on any atom is -0.350 e. The van der Waals surface area contributed by atoms with Crippen molar-refractivity contribution >= 4 is 23.0 Å². The van der Waals surface area contributed by atoms with Gasteiger partial charge >= 0.3 is 0 Å². The van der Waals surface area contributed by atoms with E-state index < -0.39 is 0 Å². The molecule has 0 fully saturated rings. The average molecular weight is 263 g/mol. The number of nitrogens with one attached hydrogen (secondary N) is 2. The normalized spacial score (nSPS) is 11.0. The van der Waals surface area contributed by atoms with Crippen LogP contribution in [0.1, 0.15) is 16.1 Å². The predicted octanol–water partition coefficient (Wildman–Crippen LogP) is 2.93. The van der Waals surface area contributed by atoms with Gasteiger partial charge < -0.3 is 4.98 Å². The molecular weight excluding hydrogens is 250 g/mol. The van der Waals surface area contributed by atoms with E-state index in [-0.39, 0.29) is 5.91 Å². The van der Waals surface area contributed by atoms with Gasteiger partial charge in [-0.25, -0.2) is 5.43 Å². The van der Waals surface area contributed by atoms with Gasteiger partial charge in [0, 0.05) is 10.9 Å². The lowest BCUT2D eigenvalue weighted by Crippen LogP contribution is -2.17. The van der Waals surface area contributed by atoms with Gasteiger partial charge in [0.2, 0.25) is 0 Å². The SMILES string of the molecule is O=C(N/N=C/c1ccccc1)c1cc2ccccc2[nH]1. The predicted molar refractivity (Wildman–Crippen MR) is 79.8 cm³/mol. The Bertz CT molecular complexity index is 727. The number of para-hydroxylation sites is 1. The zero-order chi connectivity index (χ0) is 13.8. The zero-order valence-electron chi connectivity index (χ0n) is 10.7. The lowest BCUT2D eigenvalue weighted by Gasteiger charge is -1.96. The van der Waals surface area contributed by atoms with Crippen molar-refractivity contribution in [1.82, 2.24) is 10.4 Å². The third-order valence-corrected chi connectivity index (χ3v) is 2.95.